The summed E-state index contributed by atoms with van der Waals surface area (Å²) in [4.78, 5) is 41.0. The van der Waals surface area contributed by atoms with Gasteiger partial charge in [-0.1, -0.05) is 24.8 Å². The summed E-state index contributed by atoms with van der Waals surface area (Å²) in [6.45, 7) is 3.22. The van der Waals surface area contributed by atoms with E-state index in [9.17, 15) is 4.79 Å². The molecule has 0 spiro atoms. The van der Waals surface area contributed by atoms with Gasteiger partial charge < -0.3 is 14.7 Å². The van der Waals surface area contributed by atoms with E-state index >= 15 is 0 Å². The maximum absolute atomic E-state index is 10.5. The Kier molecular flexibility index (Phi) is 6.85. The Labute approximate surface area is 97.1 Å². The Morgan fingerprint density at radius 2 is 1.71 bits per heavy atom. The Hall–Kier alpha value is -1.66. The lowest BCUT2D eigenvalue weighted by Crippen LogP contribution is -2.03. The van der Waals surface area contributed by atoms with Gasteiger partial charge in [0.2, 0.25) is 0 Å². The van der Waals surface area contributed by atoms with E-state index in [1.807, 2.05) is 6.07 Å². The van der Waals surface area contributed by atoms with Crippen LogP contribution >= 0.6 is 7.82 Å². The third kappa shape index (κ3) is 12.3. The quantitative estimate of drug-likeness (QED) is 0.319. The molecule has 0 atom stereocenters. The Bertz CT molecular complexity index is 389. The van der Waals surface area contributed by atoms with Gasteiger partial charge >= 0.3 is 13.8 Å². The second kappa shape index (κ2) is 7.59. The second-order valence-electron chi connectivity index (χ2n) is 2.52. The minimum absolute atomic E-state index is 0.479. The molecule has 1 aromatic carbocycles. The molecule has 0 aliphatic carbocycles. The lowest BCUT2D eigenvalue weighted by atomic mass is 10.3. The highest BCUT2D eigenvalue weighted by atomic mass is 31.2. The van der Waals surface area contributed by atoms with E-state index < -0.39 is 13.8 Å². The van der Waals surface area contributed by atoms with Gasteiger partial charge in [0.25, 0.3) is 0 Å². The lowest BCUT2D eigenvalue weighted by Gasteiger charge is -2.00. The number of carbonyl (C=O) groups is 1. The van der Waals surface area contributed by atoms with Crippen molar-refractivity contribution < 1.29 is 33.8 Å². The highest BCUT2D eigenvalue weighted by molar-refractivity contribution is 7.45. The average molecular weight is 262 g/mol. The molecule has 0 unspecified atom stereocenters. The Morgan fingerprint density at radius 3 is 2.12 bits per heavy atom. The van der Waals surface area contributed by atoms with Crippen LogP contribution in [0, 0.1) is 0 Å². The summed E-state index contributed by atoms with van der Waals surface area (Å²) in [6, 6.07) is 8.74. The molecule has 0 fully saturated rings. The van der Waals surface area contributed by atoms with Gasteiger partial charge in [0.1, 0.15) is 0 Å². The molecule has 0 heterocycles. The predicted octanol–water partition coefficient (Wildman–Crippen LogP) is 0.781. The smallest absolute Gasteiger partial charge is 0.303 e. The van der Waals surface area contributed by atoms with Gasteiger partial charge in [-0.2, -0.15) is 0 Å². The number of phosphoric acid groups is 1. The SMILES string of the molecule is C=CC(=O)OOc1ccccc1.O=P(O)(O)O. The van der Waals surface area contributed by atoms with E-state index in [0.717, 1.165) is 6.08 Å². The third-order valence-corrected chi connectivity index (χ3v) is 1.13. The number of rotatable bonds is 3. The van der Waals surface area contributed by atoms with Crippen LogP contribution in [0.5, 0.6) is 5.75 Å². The van der Waals surface area contributed by atoms with Crippen molar-refractivity contribution in [3.63, 3.8) is 0 Å². The summed E-state index contributed by atoms with van der Waals surface area (Å²) in [7, 11) is -4.64. The van der Waals surface area contributed by atoms with Gasteiger partial charge in [-0.3, -0.25) is 4.89 Å². The highest BCUT2D eigenvalue weighted by Crippen LogP contribution is 2.25. The first-order valence-electron chi connectivity index (χ1n) is 4.17. The van der Waals surface area contributed by atoms with Crippen molar-refractivity contribution in [2.75, 3.05) is 0 Å². The standard InChI is InChI=1S/C9H8O3.H3O4P/c1-2-9(10)12-11-8-6-4-3-5-7-8;1-5(2,3)4/h2-7H,1H2;(H3,1,2,3,4). The molecule has 17 heavy (non-hydrogen) atoms. The maximum Gasteiger partial charge on any atom is 0.466 e. The van der Waals surface area contributed by atoms with E-state index in [2.05, 4.69) is 16.4 Å². The summed E-state index contributed by atoms with van der Waals surface area (Å²) in [5.41, 5.74) is 0. The summed E-state index contributed by atoms with van der Waals surface area (Å²) in [5, 5.41) is 0. The zero-order chi connectivity index (χ0) is 13.3. The fraction of sp³-hybridized carbons (Fsp3) is 0. The molecule has 0 bridgehead atoms. The summed E-state index contributed by atoms with van der Waals surface area (Å²) in [6.07, 6.45) is 1.03. The summed E-state index contributed by atoms with van der Waals surface area (Å²) in [5.74, 6) is -0.133. The van der Waals surface area contributed by atoms with Crippen molar-refractivity contribution in [2.24, 2.45) is 0 Å². The fourth-order valence-corrected chi connectivity index (χ4v) is 0.599. The molecule has 0 amide bonds. The van der Waals surface area contributed by atoms with Gasteiger partial charge in [0, 0.05) is 6.08 Å². The number of para-hydroxylation sites is 1. The average Bonchev–Trinajstić information content (AvgIpc) is 2.25. The van der Waals surface area contributed by atoms with Crippen LogP contribution in [-0.4, -0.2) is 20.6 Å². The first kappa shape index (κ1) is 15.3. The molecule has 0 aromatic heterocycles. The van der Waals surface area contributed by atoms with Gasteiger partial charge in [0.15, 0.2) is 5.75 Å². The van der Waals surface area contributed by atoms with Gasteiger partial charge in [-0.15, -0.1) is 0 Å². The predicted molar refractivity (Wildman–Crippen MR) is 57.6 cm³/mol. The van der Waals surface area contributed by atoms with Gasteiger partial charge in [-0.05, 0) is 12.1 Å². The molecule has 0 aliphatic heterocycles. The minimum Gasteiger partial charge on any atom is -0.303 e. The first-order chi connectivity index (χ1) is 7.83. The zero-order valence-electron chi connectivity index (χ0n) is 8.59. The Balaban J connectivity index is 0.000000437. The van der Waals surface area contributed by atoms with Crippen LogP contribution in [-0.2, 0) is 14.2 Å². The van der Waals surface area contributed by atoms with Crippen LogP contribution in [0.2, 0.25) is 0 Å². The molecule has 94 valence electrons. The second-order valence-corrected chi connectivity index (χ2v) is 3.54. The van der Waals surface area contributed by atoms with Gasteiger partial charge in [-0.25, -0.2) is 14.2 Å². The van der Waals surface area contributed by atoms with Gasteiger partial charge in [0.05, 0.1) is 0 Å². The monoisotopic (exact) mass is 262 g/mol. The van der Waals surface area contributed by atoms with Crippen molar-refractivity contribution in [1.82, 2.24) is 0 Å². The normalized spacial score (nSPS) is 9.59. The largest absolute Gasteiger partial charge is 0.466 e. The molecule has 0 saturated carbocycles. The van der Waals surface area contributed by atoms with Crippen molar-refractivity contribution in [2.45, 2.75) is 0 Å². The molecular formula is C9H11O7P. The molecule has 8 heteroatoms. The topological polar surface area (TPSA) is 113 Å². The van der Waals surface area contributed by atoms with Crippen LogP contribution in [0.15, 0.2) is 43.0 Å². The van der Waals surface area contributed by atoms with Crippen LogP contribution in [0.25, 0.3) is 0 Å². The van der Waals surface area contributed by atoms with E-state index in [4.69, 9.17) is 19.2 Å². The number of hydrogen-bond acceptors (Lipinski definition) is 4. The maximum atomic E-state index is 10.5. The number of carbonyl (C=O) groups excluding carboxylic acids is 1. The van der Waals surface area contributed by atoms with Crippen LogP contribution in [0.1, 0.15) is 0 Å². The van der Waals surface area contributed by atoms with E-state index in [1.54, 1.807) is 24.3 Å². The summed E-state index contributed by atoms with van der Waals surface area (Å²) < 4.78 is 8.88. The molecule has 1 aromatic rings. The fourth-order valence-electron chi connectivity index (χ4n) is 0.599. The molecule has 1 rings (SSSR count). The molecule has 0 aliphatic rings. The van der Waals surface area contributed by atoms with Crippen molar-refractivity contribution in [3.05, 3.63) is 43.0 Å². The van der Waals surface area contributed by atoms with Crippen molar-refractivity contribution >= 4 is 13.8 Å². The Morgan fingerprint density at radius 1 is 1.24 bits per heavy atom. The molecule has 3 N–H and O–H groups in total. The van der Waals surface area contributed by atoms with E-state index in [-0.39, 0.29) is 0 Å². The number of hydrogen-bond donors (Lipinski definition) is 3. The van der Waals surface area contributed by atoms with E-state index in [1.165, 1.54) is 0 Å². The van der Waals surface area contributed by atoms with Crippen LogP contribution < -0.4 is 4.89 Å². The van der Waals surface area contributed by atoms with Crippen LogP contribution in [0.3, 0.4) is 0 Å². The highest BCUT2D eigenvalue weighted by Gasteiger charge is 2.00. The minimum atomic E-state index is -4.64. The zero-order valence-corrected chi connectivity index (χ0v) is 9.49. The van der Waals surface area contributed by atoms with Crippen molar-refractivity contribution in [1.29, 1.82) is 0 Å². The molecule has 7 nitrogen and oxygen atoms in total. The number of benzene rings is 1. The molecule has 0 saturated heterocycles. The first-order valence-corrected chi connectivity index (χ1v) is 5.73. The third-order valence-electron chi connectivity index (χ3n) is 1.13. The summed E-state index contributed by atoms with van der Waals surface area (Å²) >= 11 is 0. The molecular weight excluding hydrogens is 251 g/mol. The molecule has 0 radical (unpaired) electrons. The van der Waals surface area contributed by atoms with E-state index in [0.29, 0.717) is 5.75 Å². The van der Waals surface area contributed by atoms with Crippen molar-refractivity contribution in [3.8, 4) is 5.75 Å². The lowest BCUT2D eigenvalue weighted by molar-refractivity contribution is -0.207. The van der Waals surface area contributed by atoms with Crippen LogP contribution in [0.4, 0.5) is 0 Å².